The van der Waals surface area contributed by atoms with E-state index in [2.05, 4.69) is 11.4 Å². The normalized spacial score (nSPS) is 11.5. The van der Waals surface area contributed by atoms with Crippen LogP contribution in [0.15, 0.2) is 12.1 Å². The molecule has 0 aliphatic carbocycles. The molecule has 0 amide bonds. The lowest BCUT2D eigenvalue weighted by atomic mass is 10.1. The summed E-state index contributed by atoms with van der Waals surface area (Å²) in [6.07, 6.45) is 0. The van der Waals surface area contributed by atoms with Crippen molar-refractivity contribution >= 4 is 0 Å². The van der Waals surface area contributed by atoms with Gasteiger partial charge in [-0.3, -0.25) is 0 Å². The fraction of sp³-hybridized carbons (Fsp3) is 0.500. The first kappa shape index (κ1) is 15.1. The maximum atomic E-state index is 8.73. The van der Waals surface area contributed by atoms with E-state index < -0.39 is 0 Å². The van der Waals surface area contributed by atoms with Crippen LogP contribution in [0.5, 0.6) is 17.2 Å². The van der Waals surface area contributed by atoms with E-state index in [1.165, 1.54) is 0 Å². The average molecular weight is 264 g/mol. The van der Waals surface area contributed by atoms with E-state index in [4.69, 9.17) is 19.5 Å². The van der Waals surface area contributed by atoms with E-state index in [0.29, 0.717) is 24.6 Å². The Morgan fingerprint density at radius 2 is 1.68 bits per heavy atom. The fourth-order valence-electron chi connectivity index (χ4n) is 1.70. The molecule has 1 atom stereocenters. The molecule has 1 N–H and O–H groups in total. The van der Waals surface area contributed by atoms with Crippen LogP contribution in [0, 0.1) is 17.2 Å². The van der Waals surface area contributed by atoms with Crippen molar-refractivity contribution in [3.05, 3.63) is 17.7 Å². The maximum Gasteiger partial charge on any atom is 0.164 e. The summed E-state index contributed by atoms with van der Waals surface area (Å²) in [5.41, 5.74) is 0.963. The number of nitrogens with zero attached hydrogens (tertiary/aromatic N) is 1. The first-order valence-electron chi connectivity index (χ1n) is 6.05. The molecule has 0 heterocycles. The maximum absolute atomic E-state index is 8.73. The molecule has 0 bridgehead atoms. The smallest absolute Gasteiger partial charge is 0.164 e. The minimum Gasteiger partial charge on any atom is -0.496 e. The van der Waals surface area contributed by atoms with Gasteiger partial charge >= 0.3 is 0 Å². The van der Waals surface area contributed by atoms with Crippen LogP contribution in [0.25, 0.3) is 0 Å². The molecular formula is C14H20N2O3. The second-order valence-corrected chi connectivity index (χ2v) is 4.18. The first-order chi connectivity index (χ1) is 9.15. The van der Waals surface area contributed by atoms with Crippen molar-refractivity contribution in [2.45, 2.75) is 13.5 Å². The highest BCUT2D eigenvalue weighted by molar-refractivity contribution is 5.50. The number of rotatable bonds is 7. The Labute approximate surface area is 114 Å². The molecule has 0 aromatic heterocycles. The first-order valence-corrected chi connectivity index (χ1v) is 6.05. The van der Waals surface area contributed by atoms with Crippen molar-refractivity contribution in [2.75, 3.05) is 27.9 Å². The molecule has 0 aliphatic heterocycles. The van der Waals surface area contributed by atoms with Gasteiger partial charge in [0.15, 0.2) is 11.5 Å². The molecule has 1 unspecified atom stereocenters. The van der Waals surface area contributed by atoms with Crippen molar-refractivity contribution in [1.82, 2.24) is 5.32 Å². The summed E-state index contributed by atoms with van der Waals surface area (Å²) in [7, 11) is 4.80. The molecule has 5 nitrogen and oxygen atoms in total. The van der Waals surface area contributed by atoms with Crippen LogP contribution in [0.4, 0.5) is 0 Å². The molecule has 0 aliphatic rings. The van der Waals surface area contributed by atoms with Crippen molar-refractivity contribution in [3.63, 3.8) is 0 Å². The highest BCUT2D eigenvalue weighted by Crippen LogP contribution is 2.34. The minimum atomic E-state index is -0.0221. The molecule has 104 valence electrons. The molecule has 1 aromatic carbocycles. The van der Waals surface area contributed by atoms with Gasteiger partial charge < -0.3 is 19.5 Å². The number of hydrogen-bond acceptors (Lipinski definition) is 5. The summed E-state index contributed by atoms with van der Waals surface area (Å²) in [5.74, 6) is 2.00. The Balaban J connectivity index is 2.84. The van der Waals surface area contributed by atoms with Crippen LogP contribution in [-0.4, -0.2) is 27.9 Å². The molecular weight excluding hydrogens is 244 g/mol. The zero-order chi connectivity index (χ0) is 14.3. The molecule has 0 saturated carbocycles. The summed E-state index contributed by atoms with van der Waals surface area (Å²) in [6.45, 7) is 3.11. The van der Waals surface area contributed by atoms with Crippen molar-refractivity contribution in [3.8, 4) is 23.3 Å². The molecule has 0 radical (unpaired) electrons. The van der Waals surface area contributed by atoms with Crippen molar-refractivity contribution in [2.24, 2.45) is 5.92 Å². The Hall–Kier alpha value is -1.93. The number of ether oxygens (including phenoxy) is 3. The molecule has 5 heteroatoms. The minimum absolute atomic E-state index is 0.0221. The third-order valence-corrected chi connectivity index (χ3v) is 2.77. The fourth-order valence-corrected chi connectivity index (χ4v) is 1.70. The third kappa shape index (κ3) is 4.04. The molecule has 0 saturated heterocycles. The monoisotopic (exact) mass is 264 g/mol. The Morgan fingerprint density at radius 3 is 2.21 bits per heavy atom. The molecule has 1 aromatic rings. The van der Waals surface area contributed by atoms with Crippen LogP contribution >= 0.6 is 0 Å². The van der Waals surface area contributed by atoms with Crippen molar-refractivity contribution < 1.29 is 14.2 Å². The molecule has 1 rings (SSSR count). The highest BCUT2D eigenvalue weighted by Gasteiger charge is 2.11. The van der Waals surface area contributed by atoms with Crippen LogP contribution in [-0.2, 0) is 6.54 Å². The number of hydrogen-bond donors (Lipinski definition) is 1. The number of nitriles is 1. The summed E-state index contributed by atoms with van der Waals surface area (Å²) in [5, 5.41) is 11.9. The summed E-state index contributed by atoms with van der Waals surface area (Å²) < 4.78 is 15.8. The predicted octanol–water partition coefficient (Wildman–Crippen LogP) is 1.96. The second kappa shape index (κ2) is 7.49. The van der Waals surface area contributed by atoms with Crippen LogP contribution in [0.1, 0.15) is 12.5 Å². The Bertz CT molecular complexity index is 455. The average Bonchev–Trinajstić information content (AvgIpc) is 2.46. The highest BCUT2D eigenvalue weighted by atomic mass is 16.5. The number of methoxy groups -OCH3 is 3. The van der Waals surface area contributed by atoms with Gasteiger partial charge in [-0.1, -0.05) is 0 Å². The van der Waals surface area contributed by atoms with Gasteiger partial charge in [-0.05, 0) is 13.0 Å². The van der Waals surface area contributed by atoms with Gasteiger partial charge in [-0.15, -0.1) is 0 Å². The van der Waals surface area contributed by atoms with Crippen LogP contribution in [0.2, 0.25) is 0 Å². The van der Waals surface area contributed by atoms with Crippen LogP contribution < -0.4 is 19.5 Å². The summed E-state index contributed by atoms with van der Waals surface area (Å²) in [6, 6.07) is 5.85. The van der Waals surface area contributed by atoms with E-state index in [-0.39, 0.29) is 5.92 Å². The third-order valence-electron chi connectivity index (χ3n) is 2.77. The van der Waals surface area contributed by atoms with Gasteiger partial charge in [-0.25, -0.2) is 0 Å². The zero-order valence-corrected chi connectivity index (χ0v) is 11.8. The SMILES string of the molecule is COc1cc(OC)c(OC)cc1CNCC(C)C#N. The van der Waals surface area contributed by atoms with E-state index >= 15 is 0 Å². The lowest BCUT2D eigenvalue weighted by molar-refractivity contribution is 0.347. The Morgan fingerprint density at radius 1 is 1.11 bits per heavy atom. The van der Waals surface area contributed by atoms with Gasteiger partial charge in [0.05, 0.1) is 33.3 Å². The van der Waals surface area contributed by atoms with Gasteiger partial charge in [-0.2, -0.15) is 5.26 Å². The van der Waals surface area contributed by atoms with Crippen molar-refractivity contribution in [1.29, 1.82) is 5.26 Å². The van der Waals surface area contributed by atoms with Gasteiger partial charge in [0.2, 0.25) is 0 Å². The molecule has 19 heavy (non-hydrogen) atoms. The number of benzene rings is 1. The zero-order valence-electron chi connectivity index (χ0n) is 11.8. The predicted molar refractivity (Wildman–Crippen MR) is 72.6 cm³/mol. The lowest BCUT2D eigenvalue weighted by Gasteiger charge is -2.14. The molecule has 0 spiro atoms. The summed E-state index contributed by atoms with van der Waals surface area (Å²) in [4.78, 5) is 0. The quantitative estimate of drug-likeness (QED) is 0.815. The topological polar surface area (TPSA) is 63.5 Å². The Kier molecular flexibility index (Phi) is 5.97. The standard InChI is InChI=1S/C14H20N2O3/c1-10(7-15)8-16-9-11-5-13(18-3)14(19-4)6-12(11)17-2/h5-6,10,16H,8-9H2,1-4H3. The van der Waals surface area contributed by atoms with E-state index in [9.17, 15) is 0 Å². The molecule has 0 fully saturated rings. The van der Waals surface area contributed by atoms with E-state index in [1.807, 2.05) is 13.0 Å². The number of nitrogens with one attached hydrogen (secondary N) is 1. The van der Waals surface area contributed by atoms with E-state index in [0.717, 1.165) is 11.3 Å². The van der Waals surface area contributed by atoms with Gasteiger partial charge in [0.25, 0.3) is 0 Å². The van der Waals surface area contributed by atoms with E-state index in [1.54, 1.807) is 27.4 Å². The van der Waals surface area contributed by atoms with Gasteiger partial charge in [0, 0.05) is 24.7 Å². The van der Waals surface area contributed by atoms with Crippen LogP contribution in [0.3, 0.4) is 0 Å². The largest absolute Gasteiger partial charge is 0.496 e. The second-order valence-electron chi connectivity index (χ2n) is 4.18. The summed E-state index contributed by atoms with van der Waals surface area (Å²) >= 11 is 0. The lowest BCUT2D eigenvalue weighted by Crippen LogP contribution is -2.20. The van der Waals surface area contributed by atoms with Gasteiger partial charge in [0.1, 0.15) is 5.75 Å².